The van der Waals surface area contributed by atoms with E-state index in [0.717, 1.165) is 33.7 Å². The van der Waals surface area contributed by atoms with Gasteiger partial charge in [0.25, 0.3) is 0 Å². The van der Waals surface area contributed by atoms with Crippen LogP contribution in [0.4, 0.5) is 17.2 Å². The molecule has 22 heavy (non-hydrogen) atoms. The first kappa shape index (κ1) is 14.2. The molecule has 112 valence electrons. The molecule has 0 aliphatic rings. The van der Waals surface area contributed by atoms with Gasteiger partial charge in [0.15, 0.2) is 0 Å². The fourth-order valence-corrected chi connectivity index (χ4v) is 2.49. The van der Waals surface area contributed by atoms with Gasteiger partial charge in [-0.2, -0.15) is 0 Å². The zero-order valence-corrected chi connectivity index (χ0v) is 13.0. The van der Waals surface area contributed by atoms with Crippen molar-refractivity contribution >= 4 is 28.0 Å². The molecule has 0 unspecified atom stereocenters. The summed E-state index contributed by atoms with van der Waals surface area (Å²) < 4.78 is 5.19. The lowest BCUT2D eigenvalue weighted by Crippen LogP contribution is -2.11. The summed E-state index contributed by atoms with van der Waals surface area (Å²) in [4.78, 5) is 6.49. The minimum Gasteiger partial charge on any atom is -0.497 e. The second kappa shape index (κ2) is 5.93. The Kier molecular flexibility index (Phi) is 3.83. The number of hydrogen-bond donors (Lipinski definition) is 1. The molecule has 3 aromatic rings. The minimum atomic E-state index is 0.850. The maximum atomic E-state index is 5.19. The average Bonchev–Trinajstić information content (AvgIpc) is 2.55. The van der Waals surface area contributed by atoms with E-state index in [0.29, 0.717) is 0 Å². The van der Waals surface area contributed by atoms with Gasteiger partial charge in [0.1, 0.15) is 11.6 Å². The lowest BCUT2D eigenvalue weighted by Gasteiger charge is -2.16. The van der Waals surface area contributed by atoms with Crippen molar-refractivity contribution in [3.63, 3.8) is 0 Å². The van der Waals surface area contributed by atoms with Crippen LogP contribution in [0.15, 0.2) is 54.7 Å². The van der Waals surface area contributed by atoms with Gasteiger partial charge in [-0.1, -0.05) is 12.1 Å². The van der Waals surface area contributed by atoms with E-state index in [4.69, 9.17) is 4.74 Å². The van der Waals surface area contributed by atoms with Crippen LogP contribution in [-0.4, -0.2) is 26.2 Å². The lowest BCUT2D eigenvalue weighted by atomic mass is 10.1. The van der Waals surface area contributed by atoms with Gasteiger partial charge in [-0.3, -0.25) is 0 Å². The van der Waals surface area contributed by atoms with E-state index in [9.17, 15) is 0 Å². The van der Waals surface area contributed by atoms with Crippen molar-refractivity contribution in [3.05, 3.63) is 54.7 Å². The molecule has 0 atom stereocenters. The molecule has 0 amide bonds. The standard InChI is InChI=1S/C18H19N3O/c1-21(2)18-16-5-4-6-17(15(16)11-12-19-18)20-13-7-9-14(22-3)10-8-13/h4-12,20H,1-3H3. The number of hydrogen-bond acceptors (Lipinski definition) is 4. The number of nitrogens with one attached hydrogen (secondary N) is 1. The molecule has 0 saturated heterocycles. The second-order valence-corrected chi connectivity index (χ2v) is 5.28. The molecule has 2 aromatic carbocycles. The molecule has 4 heteroatoms. The number of rotatable bonds is 4. The van der Waals surface area contributed by atoms with Crippen molar-refractivity contribution in [2.45, 2.75) is 0 Å². The van der Waals surface area contributed by atoms with Gasteiger partial charge in [-0.15, -0.1) is 0 Å². The third-order valence-corrected chi connectivity index (χ3v) is 3.58. The summed E-state index contributed by atoms with van der Waals surface area (Å²) in [5, 5.41) is 5.74. The van der Waals surface area contributed by atoms with Crippen LogP contribution in [0, 0.1) is 0 Å². The van der Waals surface area contributed by atoms with E-state index >= 15 is 0 Å². The fraction of sp³-hybridized carbons (Fsp3) is 0.167. The lowest BCUT2D eigenvalue weighted by molar-refractivity contribution is 0.415. The Bertz CT molecular complexity index is 782. The molecule has 3 rings (SSSR count). The first-order valence-corrected chi connectivity index (χ1v) is 7.15. The molecule has 0 spiro atoms. The van der Waals surface area contributed by atoms with Crippen molar-refractivity contribution in [1.82, 2.24) is 4.98 Å². The molecule has 4 nitrogen and oxygen atoms in total. The summed E-state index contributed by atoms with van der Waals surface area (Å²) in [6.07, 6.45) is 1.84. The second-order valence-electron chi connectivity index (χ2n) is 5.28. The molecule has 0 fully saturated rings. The molecule has 0 aliphatic heterocycles. The molecule has 0 bridgehead atoms. The topological polar surface area (TPSA) is 37.4 Å². The van der Waals surface area contributed by atoms with E-state index in [1.807, 2.05) is 61.6 Å². The smallest absolute Gasteiger partial charge is 0.135 e. The maximum Gasteiger partial charge on any atom is 0.135 e. The van der Waals surface area contributed by atoms with Crippen molar-refractivity contribution in [1.29, 1.82) is 0 Å². The van der Waals surface area contributed by atoms with Crippen LogP contribution in [0.25, 0.3) is 10.8 Å². The van der Waals surface area contributed by atoms with Gasteiger partial charge >= 0.3 is 0 Å². The van der Waals surface area contributed by atoms with Crippen molar-refractivity contribution in [2.24, 2.45) is 0 Å². The third-order valence-electron chi connectivity index (χ3n) is 3.58. The highest BCUT2D eigenvalue weighted by atomic mass is 16.5. The van der Waals surface area contributed by atoms with Gasteiger partial charge in [0.05, 0.1) is 7.11 Å². The Hall–Kier alpha value is -2.75. The number of ether oxygens (including phenoxy) is 1. The van der Waals surface area contributed by atoms with Crippen LogP contribution >= 0.6 is 0 Å². The quantitative estimate of drug-likeness (QED) is 0.787. The summed E-state index contributed by atoms with van der Waals surface area (Å²) >= 11 is 0. The Morgan fingerprint density at radius 1 is 0.955 bits per heavy atom. The Balaban J connectivity index is 2.01. The zero-order valence-electron chi connectivity index (χ0n) is 13.0. The zero-order chi connectivity index (χ0) is 15.5. The SMILES string of the molecule is COc1ccc(Nc2cccc3c(N(C)C)nccc23)cc1. The highest BCUT2D eigenvalue weighted by Gasteiger charge is 2.07. The normalized spacial score (nSPS) is 10.5. The molecular weight excluding hydrogens is 274 g/mol. The van der Waals surface area contributed by atoms with Crippen LogP contribution in [0.5, 0.6) is 5.75 Å². The maximum absolute atomic E-state index is 5.19. The summed E-state index contributed by atoms with van der Waals surface area (Å²) in [6, 6.07) is 16.2. The molecule has 1 aromatic heterocycles. The van der Waals surface area contributed by atoms with Gasteiger partial charge < -0.3 is 15.0 Å². The van der Waals surface area contributed by atoms with Crippen LogP contribution < -0.4 is 15.0 Å². The molecule has 1 heterocycles. The van der Waals surface area contributed by atoms with Gasteiger partial charge in [0.2, 0.25) is 0 Å². The third kappa shape index (κ3) is 2.68. The first-order chi connectivity index (χ1) is 10.7. The Morgan fingerprint density at radius 2 is 1.73 bits per heavy atom. The number of pyridine rings is 1. The first-order valence-electron chi connectivity index (χ1n) is 7.15. The van der Waals surface area contributed by atoms with Crippen LogP contribution in [0.2, 0.25) is 0 Å². The highest BCUT2D eigenvalue weighted by Crippen LogP contribution is 2.31. The van der Waals surface area contributed by atoms with E-state index in [2.05, 4.69) is 22.4 Å². The Labute approximate surface area is 130 Å². The molecule has 0 saturated carbocycles. The number of fused-ring (bicyclic) bond motifs is 1. The molecule has 1 N–H and O–H groups in total. The van der Waals surface area contributed by atoms with E-state index in [-0.39, 0.29) is 0 Å². The summed E-state index contributed by atoms with van der Waals surface area (Å²) in [6.45, 7) is 0. The predicted octanol–water partition coefficient (Wildman–Crippen LogP) is 4.05. The van der Waals surface area contributed by atoms with Gasteiger partial charge in [0, 0.05) is 42.4 Å². The average molecular weight is 293 g/mol. The van der Waals surface area contributed by atoms with E-state index in [1.54, 1.807) is 7.11 Å². The molecular formula is C18H19N3O. The van der Waals surface area contributed by atoms with Crippen molar-refractivity contribution < 1.29 is 4.74 Å². The number of anilines is 3. The highest BCUT2D eigenvalue weighted by molar-refractivity contribution is 6.01. The summed E-state index contributed by atoms with van der Waals surface area (Å²) in [5.41, 5.74) is 2.09. The predicted molar refractivity (Wildman–Crippen MR) is 92.3 cm³/mol. The van der Waals surface area contributed by atoms with Crippen LogP contribution in [-0.2, 0) is 0 Å². The fourth-order valence-electron chi connectivity index (χ4n) is 2.49. The monoisotopic (exact) mass is 293 g/mol. The van der Waals surface area contributed by atoms with Gasteiger partial charge in [-0.25, -0.2) is 4.98 Å². The van der Waals surface area contributed by atoms with Crippen LogP contribution in [0.3, 0.4) is 0 Å². The summed E-state index contributed by atoms with van der Waals surface area (Å²) in [7, 11) is 5.68. The Morgan fingerprint density at radius 3 is 2.41 bits per heavy atom. The number of benzene rings is 2. The number of methoxy groups -OCH3 is 1. The van der Waals surface area contributed by atoms with Crippen molar-refractivity contribution in [2.75, 3.05) is 31.4 Å². The van der Waals surface area contributed by atoms with Gasteiger partial charge in [-0.05, 0) is 36.4 Å². The number of aromatic nitrogens is 1. The molecule has 0 aliphatic carbocycles. The van der Waals surface area contributed by atoms with Crippen molar-refractivity contribution in [3.8, 4) is 5.75 Å². The largest absolute Gasteiger partial charge is 0.497 e. The molecule has 0 radical (unpaired) electrons. The van der Waals surface area contributed by atoms with E-state index < -0.39 is 0 Å². The van der Waals surface area contributed by atoms with E-state index in [1.165, 1.54) is 0 Å². The minimum absolute atomic E-state index is 0.850. The number of nitrogens with zero attached hydrogens (tertiary/aromatic N) is 2. The summed E-state index contributed by atoms with van der Waals surface area (Å²) in [5.74, 6) is 1.82. The van der Waals surface area contributed by atoms with Crippen LogP contribution in [0.1, 0.15) is 0 Å².